The summed E-state index contributed by atoms with van der Waals surface area (Å²) in [5.74, 6) is -0.000464. The molecule has 1 fully saturated rings. The summed E-state index contributed by atoms with van der Waals surface area (Å²) in [6.45, 7) is 3.99. The van der Waals surface area contributed by atoms with Gasteiger partial charge in [0, 0.05) is 31.7 Å². The largest absolute Gasteiger partial charge is 0.338 e. The highest BCUT2D eigenvalue weighted by atomic mass is 79.9. The molecule has 0 aliphatic carbocycles. The predicted octanol–water partition coefficient (Wildman–Crippen LogP) is 3.22. The topological polar surface area (TPSA) is 67.2 Å². The third-order valence-corrected chi connectivity index (χ3v) is 5.77. The maximum absolute atomic E-state index is 12.4. The average Bonchev–Trinajstić information content (AvgIpc) is 3.23. The highest BCUT2D eigenvalue weighted by Crippen LogP contribution is 2.26. The number of carbonyl (C=O) groups is 2. The Balaban J connectivity index is 1.52. The van der Waals surface area contributed by atoms with Crippen molar-refractivity contribution in [2.24, 2.45) is 5.92 Å². The number of aromatic nitrogens is 2. The summed E-state index contributed by atoms with van der Waals surface area (Å²) in [7, 11) is 0. The highest BCUT2D eigenvalue weighted by molar-refractivity contribution is 9.11. The SMILES string of the molecule is CCn1cc(NC(=O)C2CCN(C(=O)c3ccc(Br)s3)CC2)cn1. The minimum Gasteiger partial charge on any atom is -0.338 e. The summed E-state index contributed by atoms with van der Waals surface area (Å²) in [6, 6.07) is 3.72. The van der Waals surface area contributed by atoms with Gasteiger partial charge in [0.05, 0.1) is 20.5 Å². The summed E-state index contributed by atoms with van der Waals surface area (Å²) >= 11 is 4.82. The van der Waals surface area contributed by atoms with E-state index in [0.717, 1.165) is 20.9 Å². The van der Waals surface area contributed by atoms with E-state index in [9.17, 15) is 9.59 Å². The number of anilines is 1. The van der Waals surface area contributed by atoms with E-state index in [2.05, 4.69) is 26.3 Å². The van der Waals surface area contributed by atoms with Crippen LogP contribution in [0.25, 0.3) is 0 Å². The third-order valence-electron chi connectivity index (χ3n) is 4.16. The number of carbonyl (C=O) groups excluding carboxylic acids is 2. The molecule has 0 unspecified atom stereocenters. The molecule has 3 heterocycles. The first-order valence-corrected chi connectivity index (χ1v) is 9.55. The van der Waals surface area contributed by atoms with Crippen molar-refractivity contribution in [3.8, 4) is 0 Å². The maximum atomic E-state index is 12.4. The smallest absolute Gasteiger partial charge is 0.263 e. The first kappa shape index (κ1) is 17.2. The fourth-order valence-corrected chi connectivity index (χ4v) is 4.13. The van der Waals surface area contributed by atoms with E-state index < -0.39 is 0 Å². The van der Waals surface area contributed by atoms with Crippen molar-refractivity contribution in [2.45, 2.75) is 26.3 Å². The summed E-state index contributed by atoms with van der Waals surface area (Å²) in [5, 5.41) is 7.07. The molecule has 6 nitrogen and oxygen atoms in total. The first-order chi connectivity index (χ1) is 11.6. The van der Waals surface area contributed by atoms with E-state index in [0.29, 0.717) is 25.9 Å². The molecular formula is C16H19BrN4O2S. The second-order valence-electron chi connectivity index (χ2n) is 5.74. The standard InChI is InChI=1S/C16H19BrN4O2S/c1-2-21-10-12(9-18-21)19-15(22)11-5-7-20(8-6-11)16(23)13-3-4-14(17)24-13/h3-4,9-11H,2,5-8H2,1H3,(H,19,22). The van der Waals surface area contributed by atoms with Crippen LogP contribution in [0.4, 0.5) is 5.69 Å². The van der Waals surface area contributed by atoms with Crippen molar-refractivity contribution in [1.82, 2.24) is 14.7 Å². The van der Waals surface area contributed by atoms with E-state index >= 15 is 0 Å². The minimum absolute atomic E-state index is 0.0108. The number of halogens is 1. The summed E-state index contributed by atoms with van der Waals surface area (Å²) in [6.07, 6.45) is 4.86. The van der Waals surface area contributed by atoms with Gasteiger partial charge in [-0.1, -0.05) is 0 Å². The van der Waals surface area contributed by atoms with Crippen LogP contribution in [0.3, 0.4) is 0 Å². The molecule has 0 aromatic carbocycles. The van der Waals surface area contributed by atoms with Crippen molar-refractivity contribution in [1.29, 1.82) is 0 Å². The molecule has 3 rings (SSSR count). The Kier molecular flexibility index (Phi) is 5.35. The molecule has 2 aromatic heterocycles. The van der Waals surface area contributed by atoms with Crippen LogP contribution in [-0.2, 0) is 11.3 Å². The molecule has 0 saturated carbocycles. The van der Waals surface area contributed by atoms with E-state index in [1.165, 1.54) is 11.3 Å². The van der Waals surface area contributed by atoms with Crippen LogP contribution >= 0.6 is 27.3 Å². The molecule has 1 saturated heterocycles. The van der Waals surface area contributed by atoms with E-state index in [1.54, 1.807) is 10.9 Å². The Bertz CT molecular complexity index is 734. The van der Waals surface area contributed by atoms with Crippen LogP contribution in [0, 0.1) is 5.92 Å². The number of aryl methyl sites for hydroxylation is 1. The molecule has 2 aromatic rings. The lowest BCUT2D eigenvalue weighted by molar-refractivity contribution is -0.121. The third kappa shape index (κ3) is 3.87. The Morgan fingerprint density at radius 3 is 2.71 bits per heavy atom. The summed E-state index contributed by atoms with van der Waals surface area (Å²) in [5.41, 5.74) is 0.726. The molecule has 0 radical (unpaired) electrons. The van der Waals surface area contributed by atoms with Gasteiger partial charge in [0.25, 0.3) is 5.91 Å². The molecule has 2 amide bonds. The molecule has 128 valence electrons. The van der Waals surface area contributed by atoms with Gasteiger partial charge in [-0.3, -0.25) is 14.3 Å². The Morgan fingerprint density at radius 2 is 2.12 bits per heavy atom. The van der Waals surface area contributed by atoms with Gasteiger partial charge >= 0.3 is 0 Å². The average molecular weight is 411 g/mol. The monoisotopic (exact) mass is 410 g/mol. The number of rotatable bonds is 4. The molecule has 0 spiro atoms. The van der Waals surface area contributed by atoms with E-state index in [-0.39, 0.29) is 17.7 Å². The molecule has 1 aliphatic heterocycles. The number of hydrogen-bond acceptors (Lipinski definition) is 4. The van der Waals surface area contributed by atoms with Crippen molar-refractivity contribution in [2.75, 3.05) is 18.4 Å². The van der Waals surface area contributed by atoms with Crippen molar-refractivity contribution in [3.05, 3.63) is 33.2 Å². The zero-order chi connectivity index (χ0) is 17.1. The number of nitrogens with one attached hydrogen (secondary N) is 1. The van der Waals surface area contributed by atoms with Crippen LogP contribution in [0.1, 0.15) is 29.4 Å². The van der Waals surface area contributed by atoms with Gasteiger partial charge < -0.3 is 10.2 Å². The molecular weight excluding hydrogens is 392 g/mol. The quantitative estimate of drug-likeness (QED) is 0.840. The zero-order valence-electron chi connectivity index (χ0n) is 13.4. The van der Waals surface area contributed by atoms with Gasteiger partial charge in [0.1, 0.15) is 0 Å². The molecule has 1 N–H and O–H groups in total. The number of amides is 2. The zero-order valence-corrected chi connectivity index (χ0v) is 15.8. The fourth-order valence-electron chi connectivity index (χ4n) is 2.78. The van der Waals surface area contributed by atoms with Crippen molar-refractivity contribution >= 4 is 44.8 Å². The second-order valence-corrected chi connectivity index (χ2v) is 8.21. The lowest BCUT2D eigenvalue weighted by Crippen LogP contribution is -2.41. The van der Waals surface area contributed by atoms with Gasteiger partial charge in [-0.25, -0.2) is 0 Å². The Labute approximate surface area is 153 Å². The van der Waals surface area contributed by atoms with Gasteiger partial charge in [-0.2, -0.15) is 5.10 Å². The lowest BCUT2D eigenvalue weighted by atomic mass is 9.95. The Morgan fingerprint density at radius 1 is 1.38 bits per heavy atom. The fraction of sp³-hybridized carbons (Fsp3) is 0.438. The van der Waals surface area contributed by atoms with Gasteiger partial charge in [-0.15, -0.1) is 11.3 Å². The van der Waals surface area contributed by atoms with Crippen molar-refractivity contribution < 1.29 is 9.59 Å². The molecule has 24 heavy (non-hydrogen) atoms. The van der Waals surface area contributed by atoms with Crippen LogP contribution in [0.5, 0.6) is 0 Å². The number of piperidine rings is 1. The van der Waals surface area contributed by atoms with E-state index in [1.807, 2.05) is 30.2 Å². The van der Waals surface area contributed by atoms with Crippen LogP contribution < -0.4 is 5.32 Å². The lowest BCUT2D eigenvalue weighted by Gasteiger charge is -2.31. The van der Waals surface area contributed by atoms with Crippen LogP contribution in [0.2, 0.25) is 0 Å². The van der Waals surface area contributed by atoms with Crippen molar-refractivity contribution in [3.63, 3.8) is 0 Å². The molecule has 8 heteroatoms. The first-order valence-electron chi connectivity index (χ1n) is 7.94. The highest BCUT2D eigenvalue weighted by Gasteiger charge is 2.28. The maximum Gasteiger partial charge on any atom is 0.263 e. The second kappa shape index (κ2) is 7.48. The molecule has 0 atom stereocenters. The number of hydrogen-bond donors (Lipinski definition) is 1. The van der Waals surface area contributed by atoms with Gasteiger partial charge in [0.2, 0.25) is 5.91 Å². The van der Waals surface area contributed by atoms with E-state index in [4.69, 9.17) is 0 Å². The van der Waals surface area contributed by atoms with Crippen LogP contribution in [0.15, 0.2) is 28.3 Å². The summed E-state index contributed by atoms with van der Waals surface area (Å²) in [4.78, 5) is 27.3. The number of thiophene rings is 1. The predicted molar refractivity (Wildman–Crippen MR) is 97.2 cm³/mol. The van der Waals surface area contributed by atoms with Crippen LogP contribution in [-0.4, -0.2) is 39.6 Å². The summed E-state index contributed by atoms with van der Waals surface area (Å²) < 4.78 is 2.73. The normalized spacial score (nSPS) is 15.5. The Hall–Kier alpha value is -1.67. The molecule has 1 aliphatic rings. The van der Waals surface area contributed by atoms with Gasteiger partial charge in [-0.05, 0) is 47.8 Å². The number of nitrogens with zero attached hydrogens (tertiary/aromatic N) is 3. The van der Waals surface area contributed by atoms with Gasteiger partial charge in [0.15, 0.2) is 0 Å². The minimum atomic E-state index is -0.0610. The molecule has 0 bridgehead atoms. The number of likely N-dealkylation sites (tertiary alicyclic amines) is 1.